The van der Waals surface area contributed by atoms with E-state index in [0.717, 1.165) is 11.3 Å². The van der Waals surface area contributed by atoms with E-state index in [1.54, 1.807) is 36.4 Å². The predicted octanol–water partition coefficient (Wildman–Crippen LogP) is 4.27. The molecule has 2 N–H and O–H groups in total. The van der Waals surface area contributed by atoms with Crippen molar-refractivity contribution in [3.8, 4) is 0 Å². The summed E-state index contributed by atoms with van der Waals surface area (Å²) in [6.07, 6.45) is 0. The number of thiocarbonyl (C=S) groups is 1. The molecule has 0 amide bonds. The lowest BCUT2D eigenvalue weighted by atomic mass is 10.2. The van der Waals surface area contributed by atoms with Gasteiger partial charge in [-0.2, -0.15) is 0 Å². The number of ether oxygens (including phenoxy) is 1. The molecule has 0 aliphatic rings. The summed E-state index contributed by atoms with van der Waals surface area (Å²) in [7, 11) is 1.34. The minimum Gasteiger partial charge on any atom is -0.465 e. The third kappa shape index (κ3) is 5.10. The van der Waals surface area contributed by atoms with Crippen molar-refractivity contribution in [3.05, 3.63) is 63.6 Å². The molecule has 4 nitrogen and oxygen atoms in total. The molecule has 0 aliphatic carbocycles. The summed E-state index contributed by atoms with van der Waals surface area (Å²) in [6, 6.07) is 12.2. The topological polar surface area (TPSA) is 50.4 Å². The summed E-state index contributed by atoms with van der Waals surface area (Å²) in [5.41, 5.74) is 2.21. The van der Waals surface area contributed by atoms with Gasteiger partial charge in [0.2, 0.25) is 0 Å². The van der Waals surface area contributed by atoms with E-state index >= 15 is 0 Å². The molecule has 2 aromatic rings. The van der Waals surface area contributed by atoms with E-state index in [4.69, 9.17) is 35.4 Å². The van der Waals surface area contributed by atoms with E-state index in [1.807, 2.05) is 6.07 Å². The third-order valence-corrected chi connectivity index (χ3v) is 3.99. The van der Waals surface area contributed by atoms with Crippen molar-refractivity contribution in [1.82, 2.24) is 5.32 Å². The van der Waals surface area contributed by atoms with Crippen LogP contribution in [-0.4, -0.2) is 18.2 Å². The lowest BCUT2D eigenvalue weighted by molar-refractivity contribution is 0.0601. The van der Waals surface area contributed by atoms with Crippen LogP contribution in [0.5, 0.6) is 0 Å². The molecule has 0 aliphatic heterocycles. The van der Waals surface area contributed by atoms with Crippen LogP contribution >= 0.6 is 35.4 Å². The van der Waals surface area contributed by atoms with Crippen LogP contribution in [0.4, 0.5) is 5.69 Å². The second-order valence-electron chi connectivity index (χ2n) is 4.63. The van der Waals surface area contributed by atoms with Crippen LogP contribution in [0.3, 0.4) is 0 Å². The Morgan fingerprint density at radius 3 is 2.43 bits per heavy atom. The van der Waals surface area contributed by atoms with E-state index in [-0.39, 0.29) is 5.97 Å². The number of benzene rings is 2. The summed E-state index contributed by atoms with van der Waals surface area (Å²) >= 11 is 17.1. The lowest BCUT2D eigenvalue weighted by Crippen LogP contribution is -2.27. The molecule has 0 heterocycles. The average Bonchev–Trinajstić information content (AvgIpc) is 2.56. The molecule has 0 spiro atoms. The van der Waals surface area contributed by atoms with Crippen LogP contribution < -0.4 is 10.6 Å². The fourth-order valence-corrected chi connectivity index (χ4v) is 2.33. The highest BCUT2D eigenvalue weighted by atomic mass is 35.5. The van der Waals surface area contributed by atoms with Gasteiger partial charge in [0.25, 0.3) is 0 Å². The summed E-state index contributed by atoms with van der Waals surface area (Å²) in [5, 5.41) is 7.58. The zero-order chi connectivity index (χ0) is 16.8. The summed E-state index contributed by atoms with van der Waals surface area (Å²) in [6.45, 7) is 0.517. The van der Waals surface area contributed by atoms with E-state index < -0.39 is 0 Å². The van der Waals surface area contributed by atoms with Crippen LogP contribution in [0, 0.1) is 0 Å². The third-order valence-electron chi connectivity index (χ3n) is 3.00. The average molecular weight is 369 g/mol. The van der Waals surface area contributed by atoms with Gasteiger partial charge < -0.3 is 15.4 Å². The molecule has 0 atom stereocenters. The summed E-state index contributed by atoms with van der Waals surface area (Å²) in [4.78, 5) is 11.4. The lowest BCUT2D eigenvalue weighted by Gasteiger charge is -2.11. The van der Waals surface area contributed by atoms with E-state index in [9.17, 15) is 4.79 Å². The first-order valence-electron chi connectivity index (χ1n) is 6.67. The monoisotopic (exact) mass is 368 g/mol. The number of rotatable bonds is 4. The molecule has 0 saturated heterocycles. The first kappa shape index (κ1) is 17.5. The SMILES string of the molecule is COC(=O)c1ccc(NC(=S)NCc2ccc(Cl)c(Cl)c2)cc1. The van der Waals surface area contributed by atoms with Gasteiger partial charge >= 0.3 is 5.97 Å². The number of hydrogen-bond acceptors (Lipinski definition) is 3. The van der Waals surface area contributed by atoms with Gasteiger partial charge in [-0.3, -0.25) is 0 Å². The van der Waals surface area contributed by atoms with Crippen molar-refractivity contribution in [2.45, 2.75) is 6.54 Å². The Morgan fingerprint density at radius 1 is 1.13 bits per heavy atom. The van der Waals surface area contributed by atoms with Crippen molar-refractivity contribution in [1.29, 1.82) is 0 Å². The van der Waals surface area contributed by atoms with Gasteiger partial charge in [-0.05, 0) is 54.2 Å². The van der Waals surface area contributed by atoms with Crippen LogP contribution in [-0.2, 0) is 11.3 Å². The summed E-state index contributed by atoms with van der Waals surface area (Å²) in [5.74, 6) is -0.378. The Hall–Kier alpha value is -1.82. The molecule has 7 heteroatoms. The van der Waals surface area contributed by atoms with E-state index in [1.165, 1.54) is 7.11 Å². The Morgan fingerprint density at radius 2 is 1.83 bits per heavy atom. The molecule has 120 valence electrons. The molecule has 2 aromatic carbocycles. The normalized spacial score (nSPS) is 10.0. The predicted molar refractivity (Wildman–Crippen MR) is 97.3 cm³/mol. The number of esters is 1. The van der Waals surface area contributed by atoms with Gasteiger partial charge in [-0.15, -0.1) is 0 Å². The molecular weight excluding hydrogens is 355 g/mol. The molecule has 0 fully saturated rings. The highest BCUT2D eigenvalue weighted by molar-refractivity contribution is 7.80. The molecule has 2 rings (SSSR count). The fraction of sp³-hybridized carbons (Fsp3) is 0.125. The maximum absolute atomic E-state index is 11.4. The van der Waals surface area contributed by atoms with Crippen LogP contribution in [0.15, 0.2) is 42.5 Å². The van der Waals surface area contributed by atoms with E-state index in [0.29, 0.717) is 27.3 Å². The molecule has 0 radical (unpaired) electrons. The standard InChI is InChI=1S/C16H14Cl2N2O2S/c1-22-15(21)11-3-5-12(6-4-11)20-16(23)19-9-10-2-7-13(17)14(18)8-10/h2-8H,9H2,1H3,(H2,19,20,23). The van der Waals surface area contributed by atoms with Crippen molar-refractivity contribution in [2.75, 3.05) is 12.4 Å². The Balaban J connectivity index is 1.89. The van der Waals surface area contributed by atoms with Crippen molar-refractivity contribution in [3.63, 3.8) is 0 Å². The molecule has 0 aromatic heterocycles. The number of anilines is 1. The van der Waals surface area contributed by atoms with Crippen LogP contribution in [0.2, 0.25) is 10.0 Å². The van der Waals surface area contributed by atoms with Gasteiger partial charge in [-0.25, -0.2) is 4.79 Å². The highest BCUT2D eigenvalue weighted by Gasteiger charge is 2.05. The van der Waals surface area contributed by atoms with Crippen LogP contribution in [0.25, 0.3) is 0 Å². The van der Waals surface area contributed by atoms with Gasteiger partial charge in [0, 0.05) is 12.2 Å². The number of carbonyl (C=O) groups excluding carboxylic acids is 1. The quantitative estimate of drug-likeness (QED) is 0.623. The highest BCUT2D eigenvalue weighted by Crippen LogP contribution is 2.22. The van der Waals surface area contributed by atoms with Gasteiger partial charge in [0.1, 0.15) is 0 Å². The second kappa shape index (κ2) is 8.15. The first-order chi connectivity index (χ1) is 11.0. The number of nitrogens with one attached hydrogen (secondary N) is 2. The smallest absolute Gasteiger partial charge is 0.337 e. The molecule has 0 unspecified atom stereocenters. The van der Waals surface area contributed by atoms with Crippen molar-refractivity contribution >= 4 is 52.2 Å². The number of carbonyl (C=O) groups is 1. The second-order valence-corrected chi connectivity index (χ2v) is 5.85. The van der Waals surface area contributed by atoms with E-state index in [2.05, 4.69) is 15.4 Å². The first-order valence-corrected chi connectivity index (χ1v) is 7.83. The minimum atomic E-state index is -0.378. The molecule has 0 bridgehead atoms. The Bertz CT molecular complexity index is 721. The maximum Gasteiger partial charge on any atom is 0.337 e. The molecular formula is C16H14Cl2N2O2S. The zero-order valence-electron chi connectivity index (χ0n) is 12.2. The van der Waals surface area contributed by atoms with Gasteiger partial charge in [0.15, 0.2) is 5.11 Å². The fourth-order valence-electron chi connectivity index (χ4n) is 1.81. The van der Waals surface area contributed by atoms with Crippen molar-refractivity contribution < 1.29 is 9.53 Å². The van der Waals surface area contributed by atoms with Crippen LogP contribution in [0.1, 0.15) is 15.9 Å². The Labute approximate surface area is 149 Å². The molecule has 23 heavy (non-hydrogen) atoms. The largest absolute Gasteiger partial charge is 0.465 e. The Kier molecular flexibility index (Phi) is 6.21. The zero-order valence-corrected chi connectivity index (χ0v) is 14.6. The maximum atomic E-state index is 11.4. The number of halogens is 2. The minimum absolute atomic E-state index is 0.378. The number of hydrogen-bond donors (Lipinski definition) is 2. The van der Waals surface area contributed by atoms with Gasteiger partial charge in [-0.1, -0.05) is 29.3 Å². The van der Waals surface area contributed by atoms with Crippen molar-refractivity contribution in [2.24, 2.45) is 0 Å². The summed E-state index contributed by atoms with van der Waals surface area (Å²) < 4.78 is 4.65. The number of methoxy groups -OCH3 is 1. The van der Waals surface area contributed by atoms with Gasteiger partial charge in [0.05, 0.1) is 22.7 Å². The molecule has 0 saturated carbocycles.